The highest BCUT2D eigenvalue weighted by Gasteiger charge is 2.19. The van der Waals surface area contributed by atoms with Gasteiger partial charge >= 0.3 is 0 Å². The Hall–Kier alpha value is -0.930. The minimum Gasteiger partial charge on any atom is -0.379 e. The van der Waals surface area contributed by atoms with Crippen molar-refractivity contribution >= 4 is 0 Å². The lowest BCUT2D eigenvalue weighted by atomic mass is 9.95. The molecule has 1 aromatic heterocycles. The first kappa shape index (κ1) is 15.1. The van der Waals surface area contributed by atoms with Crippen LogP contribution in [0.25, 0.3) is 0 Å². The first-order valence-electron chi connectivity index (χ1n) is 6.77. The number of ether oxygens (including phenoxy) is 1. The molecule has 3 nitrogen and oxygen atoms in total. The fourth-order valence-corrected chi connectivity index (χ4v) is 1.88. The molecule has 0 aliphatic heterocycles. The van der Waals surface area contributed by atoms with Crippen molar-refractivity contribution in [1.29, 1.82) is 0 Å². The molecule has 1 unspecified atom stereocenters. The summed E-state index contributed by atoms with van der Waals surface area (Å²) in [5.41, 5.74) is 1.20. The summed E-state index contributed by atoms with van der Waals surface area (Å²) in [6.45, 7) is 7.49. The van der Waals surface area contributed by atoms with Crippen molar-refractivity contribution in [1.82, 2.24) is 10.3 Å². The van der Waals surface area contributed by atoms with E-state index in [0.717, 1.165) is 25.8 Å². The molecule has 1 aromatic rings. The Morgan fingerprint density at radius 3 is 2.78 bits per heavy atom. The van der Waals surface area contributed by atoms with Gasteiger partial charge in [-0.1, -0.05) is 13.0 Å². The van der Waals surface area contributed by atoms with Crippen LogP contribution in [0.2, 0.25) is 0 Å². The van der Waals surface area contributed by atoms with Crippen molar-refractivity contribution in [3.63, 3.8) is 0 Å². The first-order chi connectivity index (χ1) is 8.59. The molecule has 3 heteroatoms. The van der Waals surface area contributed by atoms with Crippen molar-refractivity contribution in [3.05, 3.63) is 30.1 Å². The van der Waals surface area contributed by atoms with E-state index in [0.29, 0.717) is 6.04 Å². The summed E-state index contributed by atoms with van der Waals surface area (Å²) in [5.74, 6) is 0. The van der Waals surface area contributed by atoms with E-state index in [1.165, 1.54) is 5.56 Å². The summed E-state index contributed by atoms with van der Waals surface area (Å²) in [4.78, 5) is 4.21. The second kappa shape index (κ2) is 7.49. The largest absolute Gasteiger partial charge is 0.379 e. The van der Waals surface area contributed by atoms with Gasteiger partial charge in [0.1, 0.15) is 0 Å². The van der Waals surface area contributed by atoms with Crippen LogP contribution in [0.3, 0.4) is 0 Å². The van der Waals surface area contributed by atoms with Crippen molar-refractivity contribution in [2.45, 2.75) is 51.7 Å². The summed E-state index contributed by atoms with van der Waals surface area (Å²) in [6, 6.07) is 4.51. The average molecular weight is 250 g/mol. The summed E-state index contributed by atoms with van der Waals surface area (Å²) in [5, 5.41) is 3.59. The van der Waals surface area contributed by atoms with E-state index in [2.05, 4.69) is 37.1 Å². The first-order valence-corrected chi connectivity index (χ1v) is 6.77. The van der Waals surface area contributed by atoms with E-state index in [1.54, 1.807) is 7.11 Å². The second-order valence-corrected chi connectivity index (χ2v) is 5.30. The molecule has 0 fully saturated rings. The van der Waals surface area contributed by atoms with Gasteiger partial charge in [0.05, 0.1) is 5.60 Å². The van der Waals surface area contributed by atoms with Crippen LogP contribution in [-0.4, -0.2) is 24.2 Å². The van der Waals surface area contributed by atoms with E-state index >= 15 is 0 Å². The third-order valence-corrected chi connectivity index (χ3v) is 3.32. The molecule has 0 aliphatic rings. The second-order valence-electron chi connectivity index (χ2n) is 5.30. The van der Waals surface area contributed by atoms with Gasteiger partial charge in [-0.05, 0) is 51.3 Å². The SMILES string of the molecule is CCCNC(CCC(C)(C)OC)c1cccnc1. The highest BCUT2D eigenvalue weighted by molar-refractivity contribution is 5.13. The summed E-state index contributed by atoms with van der Waals surface area (Å²) in [7, 11) is 1.78. The molecule has 1 heterocycles. The van der Waals surface area contributed by atoms with Crippen LogP contribution in [0.1, 0.15) is 51.6 Å². The fourth-order valence-electron chi connectivity index (χ4n) is 1.88. The third kappa shape index (κ3) is 5.15. The number of nitrogens with one attached hydrogen (secondary N) is 1. The van der Waals surface area contributed by atoms with E-state index < -0.39 is 0 Å². The smallest absolute Gasteiger partial charge is 0.0623 e. The Kier molecular flexibility index (Phi) is 6.30. The molecule has 102 valence electrons. The Balaban J connectivity index is 2.62. The van der Waals surface area contributed by atoms with Crippen molar-refractivity contribution < 1.29 is 4.74 Å². The molecule has 1 rings (SSSR count). The lowest BCUT2D eigenvalue weighted by Gasteiger charge is -2.26. The maximum atomic E-state index is 5.49. The standard InChI is InChI=1S/C15H26N2O/c1-5-10-17-14(8-9-15(2,3)18-4)13-7-6-11-16-12-13/h6-7,11-12,14,17H,5,8-10H2,1-4H3. The van der Waals surface area contributed by atoms with Crippen LogP contribution in [0.15, 0.2) is 24.5 Å². The fraction of sp³-hybridized carbons (Fsp3) is 0.667. The van der Waals surface area contributed by atoms with Crippen LogP contribution >= 0.6 is 0 Å². The molecule has 0 saturated heterocycles. The van der Waals surface area contributed by atoms with Gasteiger partial charge in [0.15, 0.2) is 0 Å². The molecule has 1 N–H and O–H groups in total. The summed E-state index contributed by atoms with van der Waals surface area (Å²) in [6.07, 6.45) is 7.00. The maximum absolute atomic E-state index is 5.49. The average Bonchev–Trinajstić information content (AvgIpc) is 2.40. The van der Waals surface area contributed by atoms with Crippen molar-refractivity contribution in [3.8, 4) is 0 Å². The Morgan fingerprint density at radius 1 is 1.44 bits per heavy atom. The van der Waals surface area contributed by atoms with Gasteiger partial charge < -0.3 is 10.1 Å². The van der Waals surface area contributed by atoms with Gasteiger partial charge in [-0.2, -0.15) is 0 Å². The molecule has 0 aliphatic carbocycles. The maximum Gasteiger partial charge on any atom is 0.0623 e. The number of aromatic nitrogens is 1. The number of hydrogen-bond acceptors (Lipinski definition) is 3. The van der Waals surface area contributed by atoms with Crippen LogP contribution in [0.4, 0.5) is 0 Å². The lowest BCUT2D eigenvalue weighted by molar-refractivity contribution is 0.0116. The lowest BCUT2D eigenvalue weighted by Crippen LogP contribution is -2.28. The third-order valence-electron chi connectivity index (χ3n) is 3.32. The molecule has 18 heavy (non-hydrogen) atoms. The molecule has 0 bridgehead atoms. The minimum atomic E-state index is -0.0612. The Labute approximate surface area is 111 Å². The van der Waals surface area contributed by atoms with E-state index in [9.17, 15) is 0 Å². The van der Waals surface area contributed by atoms with E-state index in [1.807, 2.05) is 18.5 Å². The van der Waals surface area contributed by atoms with Crippen LogP contribution in [-0.2, 0) is 4.74 Å². The van der Waals surface area contributed by atoms with Crippen molar-refractivity contribution in [2.24, 2.45) is 0 Å². The Morgan fingerprint density at radius 2 is 2.22 bits per heavy atom. The number of methoxy groups -OCH3 is 1. The van der Waals surface area contributed by atoms with E-state index in [4.69, 9.17) is 4.74 Å². The van der Waals surface area contributed by atoms with Gasteiger partial charge in [-0.3, -0.25) is 4.98 Å². The minimum absolute atomic E-state index is 0.0612. The quantitative estimate of drug-likeness (QED) is 0.768. The normalized spacial score (nSPS) is 13.6. The zero-order valence-electron chi connectivity index (χ0n) is 12.1. The number of pyridine rings is 1. The van der Waals surface area contributed by atoms with E-state index in [-0.39, 0.29) is 5.60 Å². The van der Waals surface area contributed by atoms with Crippen molar-refractivity contribution in [2.75, 3.05) is 13.7 Å². The molecule has 0 aromatic carbocycles. The molecule has 0 saturated carbocycles. The van der Waals surface area contributed by atoms with Gasteiger partial charge in [-0.15, -0.1) is 0 Å². The zero-order chi connectivity index (χ0) is 13.4. The van der Waals surface area contributed by atoms with Crippen LogP contribution < -0.4 is 5.32 Å². The molecular formula is C15H26N2O. The number of rotatable bonds is 8. The summed E-state index contributed by atoms with van der Waals surface area (Å²) < 4.78 is 5.49. The monoisotopic (exact) mass is 250 g/mol. The Bertz CT molecular complexity index is 325. The number of nitrogens with zero attached hydrogens (tertiary/aromatic N) is 1. The van der Waals surface area contributed by atoms with Gasteiger partial charge in [0, 0.05) is 25.5 Å². The van der Waals surface area contributed by atoms with Gasteiger partial charge in [-0.25, -0.2) is 0 Å². The molecule has 0 spiro atoms. The highest BCUT2D eigenvalue weighted by atomic mass is 16.5. The topological polar surface area (TPSA) is 34.1 Å². The molecule has 0 radical (unpaired) electrons. The predicted octanol–water partition coefficient (Wildman–Crippen LogP) is 3.33. The highest BCUT2D eigenvalue weighted by Crippen LogP contribution is 2.24. The van der Waals surface area contributed by atoms with Crippen LogP contribution in [0, 0.1) is 0 Å². The molecule has 1 atom stereocenters. The van der Waals surface area contributed by atoms with Crippen LogP contribution in [0.5, 0.6) is 0 Å². The van der Waals surface area contributed by atoms with Gasteiger partial charge in [0.2, 0.25) is 0 Å². The molecule has 0 amide bonds. The molecular weight excluding hydrogens is 224 g/mol. The number of hydrogen-bond donors (Lipinski definition) is 1. The summed E-state index contributed by atoms with van der Waals surface area (Å²) >= 11 is 0. The predicted molar refractivity (Wildman–Crippen MR) is 75.6 cm³/mol. The zero-order valence-corrected chi connectivity index (χ0v) is 12.1. The van der Waals surface area contributed by atoms with Gasteiger partial charge in [0.25, 0.3) is 0 Å².